The molecule has 0 aliphatic carbocycles. The summed E-state index contributed by atoms with van der Waals surface area (Å²) < 4.78 is 11.3. The van der Waals surface area contributed by atoms with Crippen LogP contribution in [0.2, 0.25) is 5.02 Å². The number of nitrogens with one attached hydrogen (secondary N) is 1. The lowest BCUT2D eigenvalue weighted by molar-refractivity contribution is -0.117. The predicted molar refractivity (Wildman–Crippen MR) is 128 cm³/mol. The van der Waals surface area contributed by atoms with Gasteiger partial charge in [0.25, 0.3) is 11.8 Å². The van der Waals surface area contributed by atoms with Gasteiger partial charge in [0.1, 0.15) is 12.2 Å². The van der Waals surface area contributed by atoms with E-state index in [1.807, 2.05) is 38.1 Å². The molecule has 7 heteroatoms. The van der Waals surface area contributed by atoms with Gasteiger partial charge in [0.2, 0.25) is 0 Å². The molecule has 1 saturated heterocycles. The third-order valence-corrected chi connectivity index (χ3v) is 5.70. The minimum Gasteiger partial charge on any atom is -0.493 e. The molecule has 0 atom stereocenters. The molecule has 3 aromatic rings. The van der Waals surface area contributed by atoms with Crippen LogP contribution < -0.4 is 19.9 Å². The van der Waals surface area contributed by atoms with Gasteiger partial charge in [0.15, 0.2) is 11.5 Å². The van der Waals surface area contributed by atoms with Gasteiger partial charge in [-0.15, -0.1) is 0 Å². The monoisotopic (exact) mass is 462 g/mol. The van der Waals surface area contributed by atoms with E-state index in [0.717, 1.165) is 16.7 Å². The third kappa shape index (κ3) is 4.86. The first-order valence-electron chi connectivity index (χ1n) is 10.4. The van der Waals surface area contributed by atoms with Crippen molar-refractivity contribution in [1.82, 2.24) is 5.43 Å². The molecule has 0 spiro atoms. The molecule has 6 nitrogen and oxygen atoms in total. The lowest BCUT2D eigenvalue weighted by Crippen LogP contribution is -2.35. The fraction of sp³-hybridized carbons (Fsp3) is 0.154. The zero-order valence-corrected chi connectivity index (χ0v) is 19.3. The van der Waals surface area contributed by atoms with Gasteiger partial charge < -0.3 is 9.47 Å². The summed E-state index contributed by atoms with van der Waals surface area (Å²) in [6.45, 7) is 4.30. The van der Waals surface area contributed by atoms with Crippen LogP contribution in [0.3, 0.4) is 0 Å². The SMILES string of the molecule is COc1cc(C=C2C(=O)NN(c3ccc(C)c(C)c3)C2=O)ccc1OCc1ccc(Cl)cc1. The number of benzene rings is 3. The van der Waals surface area contributed by atoms with Crippen molar-refractivity contribution in [3.05, 3.63) is 93.5 Å². The maximum atomic E-state index is 12.9. The normalized spacial score (nSPS) is 14.5. The van der Waals surface area contributed by atoms with Gasteiger partial charge in [-0.3, -0.25) is 15.0 Å². The van der Waals surface area contributed by atoms with E-state index in [1.54, 1.807) is 42.5 Å². The van der Waals surface area contributed by atoms with Crippen LogP contribution in [-0.2, 0) is 16.2 Å². The van der Waals surface area contributed by atoms with Crippen molar-refractivity contribution in [1.29, 1.82) is 0 Å². The van der Waals surface area contributed by atoms with E-state index in [2.05, 4.69) is 5.43 Å². The molecule has 0 unspecified atom stereocenters. The van der Waals surface area contributed by atoms with E-state index in [-0.39, 0.29) is 5.57 Å². The number of hydrogen-bond acceptors (Lipinski definition) is 4. The standard InChI is InChI=1S/C26H23ClN2O4/c1-16-4-10-21(12-17(16)2)29-26(31)22(25(30)28-29)13-19-7-11-23(24(14-19)32-3)33-15-18-5-8-20(27)9-6-18/h4-14H,15H2,1-3H3,(H,28,30). The quantitative estimate of drug-likeness (QED) is 0.413. The van der Waals surface area contributed by atoms with E-state index < -0.39 is 11.8 Å². The fourth-order valence-corrected chi connectivity index (χ4v) is 3.53. The summed E-state index contributed by atoms with van der Waals surface area (Å²) in [7, 11) is 1.54. The molecule has 3 aromatic carbocycles. The molecule has 1 fully saturated rings. The minimum atomic E-state index is -0.458. The van der Waals surface area contributed by atoms with E-state index >= 15 is 0 Å². The number of hydrogen-bond donors (Lipinski definition) is 1. The van der Waals surface area contributed by atoms with Crippen molar-refractivity contribution in [3.8, 4) is 11.5 Å². The fourth-order valence-electron chi connectivity index (χ4n) is 3.41. The van der Waals surface area contributed by atoms with Crippen molar-refractivity contribution < 1.29 is 19.1 Å². The lowest BCUT2D eigenvalue weighted by atomic mass is 10.1. The van der Waals surface area contributed by atoms with Crippen molar-refractivity contribution in [3.63, 3.8) is 0 Å². The number of hydrazine groups is 1. The zero-order chi connectivity index (χ0) is 23.5. The lowest BCUT2D eigenvalue weighted by Gasteiger charge is -2.16. The highest BCUT2D eigenvalue weighted by molar-refractivity contribution is 6.31. The number of nitrogens with zero attached hydrogens (tertiary/aromatic N) is 1. The summed E-state index contributed by atoms with van der Waals surface area (Å²) in [5.74, 6) is 0.175. The first-order chi connectivity index (χ1) is 15.9. The molecule has 4 rings (SSSR count). The molecule has 0 saturated carbocycles. The molecule has 1 heterocycles. The number of ether oxygens (including phenoxy) is 2. The Morgan fingerprint density at radius 1 is 0.939 bits per heavy atom. The van der Waals surface area contributed by atoms with Gasteiger partial charge >= 0.3 is 0 Å². The third-order valence-electron chi connectivity index (χ3n) is 5.45. The second-order valence-electron chi connectivity index (χ2n) is 7.73. The van der Waals surface area contributed by atoms with E-state index in [4.69, 9.17) is 21.1 Å². The number of carbonyl (C=O) groups is 2. The van der Waals surface area contributed by atoms with Crippen molar-refractivity contribution in [2.75, 3.05) is 12.1 Å². The van der Waals surface area contributed by atoms with E-state index in [9.17, 15) is 9.59 Å². The average Bonchev–Trinajstić information content (AvgIpc) is 3.09. The number of anilines is 1. The summed E-state index contributed by atoms with van der Waals surface area (Å²) >= 11 is 5.92. The van der Waals surface area contributed by atoms with Gasteiger partial charge in [-0.25, -0.2) is 5.01 Å². The largest absolute Gasteiger partial charge is 0.493 e. The van der Waals surface area contributed by atoms with Crippen LogP contribution in [0.25, 0.3) is 6.08 Å². The molecule has 168 valence electrons. The molecule has 1 aliphatic rings. The van der Waals surface area contributed by atoms with Crippen molar-refractivity contribution >= 4 is 35.2 Å². The number of aryl methyl sites for hydroxylation is 2. The van der Waals surface area contributed by atoms with Crippen LogP contribution in [0.15, 0.2) is 66.2 Å². The Morgan fingerprint density at radius 2 is 1.70 bits per heavy atom. The first-order valence-corrected chi connectivity index (χ1v) is 10.7. The van der Waals surface area contributed by atoms with Crippen molar-refractivity contribution in [2.24, 2.45) is 0 Å². The molecule has 0 aromatic heterocycles. The minimum absolute atomic E-state index is 0.0464. The topological polar surface area (TPSA) is 67.9 Å². The van der Waals surface area contributed by atoms with Gasteiger partial charge in [0, 0.05) is 5.02 Å². The maximum absolute atomic E-state index is 12.9. The molecule has 0 radical (unpaired) electrons. The number of rotatable bonds is 6. The number of halogens is 1. The highest BCUT2D eigenvalue weighted by atomic mass is 35.5. The maximum Gasteiger partial charge on any atom is 0.282 e. The van der Waals surface area contributed by atoms with E-state index in [0.29, 0.717) is 34.4 Å². The highest BCUT2D eigenvalue weighted by Crippen LogP contribution is 2.31. The molecular formula is C26H23ClN2O4. The zero-order valence-electron chi connectivity index (χ0n) is 18.5. The molecule has 1 aliphatic heterocycles. The van der Waals surface area contributed by atoms with Crippen LogP contribution in [0.4, 0.5) is 5.69 Å². The Hall–Kier alpha value is -3.77. The Bertz CT molecular complexity index is 1250. The molecule has 2 amide bonds. The van der Waals surface area contributed by atoms with Crippen LogP contribution in [0.1, 0.15) is 22.3 Å². The number of amides is 2. The van der Waals surface area contributed by atoms with Crippen molar-refractivity contribution in [2.45, 2.75) is 20.5 Å². The van der Waals surface area contributed by atoms with Crippen LogP contribution in [0.5, 0.6) is 11.5 Å². The predicted octanol–water partition coefficient (Wildman–Crippen LogP) is 5.01. The number of methoxy groups -OCH3 is 1. The molecule has 1 N–H and O–H groups in total. The van der Waals surface area contributed by atoms with Crippen LogP contribution in [-0.4, -0.2) is 18.9 Å². The van der Waals surface area contributed by atoms with Crippen LogP contribution in [0, 0.1) is 13.8 Å². The van der Waals surface area contributed by atoms with Crippen LogP contribution >= 0.6 is 11.6 Å². The van der Waals surface area contributed by atoms with E-state index in [1.165, 1.54) is 12.1 Å². The Kier molecular flexibility index (Phi) is 6.38. The van der Waals surface area contributed by atoms with Gasteiger partial charge in [-0.05, 0) is 78.6 Å². The smallest absolute Gasteiger partial charge is 0.282 e. The first kappa shape index (κ1) is 22.4. The molecule has 0 bridgehead atoms. The summed E-state index contributed by atoms with van der Waals surface area (Å²) in [4.78, 5) is 25.5. The Balaban J connectivity index is 1.54. The summed E-state index contributed by atoms with van der Waals surface area (Å²) in [5, 5.41) is 1.93. The number of carbonyl (C=O) groups excluding carboxylic acids is 2. The summed E-state index contributed by atoms with van der Waals surface area (Å²) in [5.41, 5.74) is 7.04. The van der Waals surface area contributed by atoms with Gasteiger partial charge in [0.05, 0.1) is 12.8 Å². The Morgan fingerprint density at radius 3 is 2.39 bits per heavy atom. The summed E-state index contributed by atoms with van der Waals surface area (Å²) in [6.07, 6.45) is 1.55. The second-order valence-corrected chi connectivity index (χ2v) is 8.17. The molecular weight excluding hydrogens is 440 g/mol. The van der Waals surface area contributed by atoms with Gasteiger partial charge in [-0.1, -0.05) is 35.9 Å². The molecule has 33 heavy (non-hydrogen) atoms. The van der Waals surface area contributed by atoms with Gasteiger partial charge in [-0.2, -0.15) is 0 Å². The average molecular weight is 463 g/mol. The highest BCUT2D eigenvalue weighted by Gasteiger charge is 2.34. The Labute approximate surface area is 197 Å². The summed E-state index contributed by atoms with van der Waals surface area (Å²) in [6, 6.07) is 18.2. The second kappa shape index (κ2) is 9.38.